The van der Waals surface area contributed by atoms with Gasteiger partial charge in [0, 0.05) is 27.7 Å². The quantitative estimate of drug-likeness (QED) is 0.764. The molecule has 0 amide bonds. The predicted octanol–water partition coefficient (Wildman–Crippen LogP) is 5.34. The molecular weight excluding hydrogens is 329 g/mol. The number of hydrogen-bond acceptors (Lipinski definition) is 2. The first-order chi connectivity index (χ1) is 10.1. The molecule has 0 saturated heterocycles. The predicted molar refractivity (Wildman–Crippen MR) is 89.6 cm³/mol. The molecule has 0 heterocycles. The van der Waals surface area contributed by atoms with Crippen LogP contribution in [0.15, 0.2) is 36.4 Å². The van der Waals surface area contributed by atoms with Gasteiger partial charge in [0.1, 0.15) is 12.4 Å². The van der Waals surface area contributed by atoms with Gasteiger partial charge in [0.2, 0.25) is 0 Å². The molecule has 0 aliphatic carbocycles. The van der Waals surface area contributed by atoms with Crippen LogP contribution in [0.5, 0.6) is 5.75 Å². The zero-order chi connectivity index (χ0) is 15.2. The Hall–Kier alpha value is -0.930. The Morgan fingerprint density at radius 3 is 2.48 bits per heavy atom. The van der Waals surface area contributed by atoms with Crippen molar-refractivity contribution in [2.24, 2.45) is 0 Å². The van der Waals surface area contributed by atoms with Crippen LogP contribution in [0.4, 0.5) is 0 Å². The molecule has 0 saturated carbocycles. The Morgan fingerprint density at radius 1 is 1.00 bits per heavy atom. The molecule has 0 radical (unpaired) electrons. The van der Waals surface area contributed by atoms with Gasteiger partial charge in [-0.05, 0) is 24.7 Å². The van der Waals surface area contributed by atoms with Gasteiger partial charge in [-0.3, -0.25) is 0 Å². The molecule has 2 aromatic carbocycles. The second kappa shape index (κ2) is 7.90. The minimum absolute atomic E-state index is 0.361. The molecule has 112 valence electrons. The van der Waals surface area contributed by atoms with Crippen molar-refractivity contribution >= 4 is 34.8 Å². The maximum Gasteiger partial charge on any atom is 0.142 e. The summed E-state index contributed by atoms with van der Waals surface area (Å²) in [6.07, 6.45) is 0. The highest BCUT2D eigenvalue weighted by atomic mass is 35.5. The summed E-state index contributed by atoms with van der Waals surface area (Å²) in [7, 11) is 0. The fraction of sp³-hybridized carbons (Fsp3) is 0.250. The summed E-state index contributed by atoms with van der Waals surface area (Å²) in [6.45, 7) is 3.90. The van der Waals surface area contributed by atoms with Crippen LogP contribution in [0.1, 0.15) is 18.1 Å². The van der Waals surface area contributed by atoms with Crippen molar-refractivity contribution in [1.29, 1.82) is 0 Å². The second-order valence-corrected chi connectivity index (χ2v) is 5.79. The van der Waals surface area contributed by atoms with Gasteiger partial charge in [0.25, 0.3) is 0 Å². The van der Waals surface area contributed by atoms with Gasteiger partial charge in [0.15, 0.2) is 0 Å². The Labute approximate surface area is 140 Å². The number of halogens is 3. The third-order valence-corrected chi connectivity index (χ3v) is 3.85. The van der Waals surface area contributed by atoms with Gasteiger partial charge in [-0.2, -0.15) is 0 Å². The van der Waals surface area contributed by atoms with Gasteiger partial charge < -0.3 is 10.1 Å². The molecular formula is C16H16Cl3NO. The van der Waals surface area contributed by atoms with Gasteiger partial charge in [-0.25, -0.2) is 0 Å². The average molecular weight is 345 g/mol. The first-order valence-electron chi connectivity index (χ1n) is 6.66. The third-order valence-electron chi connectivity index (χ3n) is 2.98. The smallest absolute Gasteiger partial charge is 0.142 e. The van der Waals surface area contributed by atoms with Crippen molar-refractivity contribution in [3.63, 3.8) is 0 Å². The van der Waals surface area contributed by atoms with Crippen LogP contribution in [0.25, 0.3) is 0 Å². The molecule has 0 spiro atoms. The molecule has 0 unspecified atom stereocenters. The summed E-state index contributed by atoms with van der Waals surface area (Å²) in [6, 6.07) is 11.1. The zero-order valence-electron chi connectivity index (χ0n) is 11.6. The lowest BCUT2D eigenvalue weighted by Crippen LogP contribution is -2.13. The summed E-state index contributed by atoms with van der Waals surface area (Å²) >= 11 is 18.4. The first-order valence-corrected chi connectivity index (χ1v) is 7.80. The summed E-state index contributed by atoms with van der Waals surface area (Å²) < 4.78 is 5.87. The van der Waals surface area contributed by atoms with E-state index in [9.17, 15) is 0 Å². The van der Waals surface area contributed by atoms with Crippen molar-refractivity contribution in [2.75, 3.05) is 6.54 Å². The lowest BCUT2D eigenvalue weighted by Gasteiger charge is -2.15. The lowest BCUT2D eigenvalue weighted by molar-refractivity contribution is 0.302. The molecule has 21 heavy (non-hydrogen) atoms. The Balaban J connectivity index is 2.20. The van der Waals surface area contributed by atoms with Crippen LogP contribution in [-0.4, -0.2) is 6.54 Å². The van der Waals surface area contributed by atoms with Crippen molar-refractivity contribution in [1.82, 2.24) is 5.32 Å². The summed E-state index contributed by atoms with van der Waals surface area (Å²) in [4.78, 5) is 0. The van der Waals surface area contributed by atoms with E-state index in [1.54, 1.807) is 6.07 Å². The lowest BCUT2D eigenvalue weighted by atomic mass is 10.2. The second-order valence-electron chi connectivity index (χ2n) is 4.54. The van der Waals surface area contributed by atoms with Gasteiger partial charge in [-0.1, -0.05) is 59.9 Å². The Kier molecular flexibility index (Phi) is 6.19. The third kappa shape index (κ3) is 4.52. The van der Waals surface area contributed by atoms with E-state index < -0.39 is 0 Å². The van der Waals surface area contributed by atoms with Crippen LogP contribution < -0.4 is 10.1 Å². The highest BCUT2D eigenvalue weighted by Crippen LogP contribution is 2.33. The van der Waals surface area contributed by atoms with Crippen molar-refractivity contribution in [3.8, 4) is 5.75 Å². The minimum atomic E-state index is 0.361. The van der Waals surface area contributed by atoms with Crippen molar-refractivity contribution in [2.45, 2.75) is 20.1 Å². The molecule has 2 aromatic rings. The van der Waals surface area contributed by atoms with E-state index in [1.807, 2.05) is 37.3 Å². The van der Waals surface area contributed by atoms with Crippen molar-refractivity contribution in [3.05, 3.63) is 62.6 Å². The molecule has 2 rings (SSSR count). The maximum atomic E-state index is 6.25. The van der Waals surface area contributed by atoms with E-state index in [0.717, 1.165) is 17.7 Å². The zero-order valence-corrected chi connectivity index (χ0v) is 13.9. The van der Waals surface area contributed by atoms with Gasteiger partial charge in [0.05, 0.1) is 5.02 Å². The molecule has 1 N–H and O–H groups in total. The van der Waals surface area contributed by atoms with E-state index >= 15 is 0 Å². The van der Waals surface area contributed by atoms with E-state index in [-0.39, 0.29) is 0 Å². The molecule has 0 fully saturated rings. The SMILES string of the molecule is CCNCc1cc(Cl)cc(Cl)c1OCc1ccccc1Cl. The van der Waals surface area contributed by atoms with Gasteiger partial charge in [-0.15, -0.1) is 0 Å². The Morgan fingerprint density at radius 2 is 1.76 bits per heavy atom. The van der Waals surface area contributed by atoms with E-state index in [1.165, 1.54) is 0 Å². The molecule has 2 nitrogen and oxygen atoms in total. The number of hydrogen-bond donors (Lipinski definition) is 1. The van der Waals surface area contributed by atoms with Crippen molar-refractivity contribution < 1.29 is 4.74 Å². The van der Waals surface area contributed by atoms with Gasteiger partial charge >= 0.3 is 0 Å². The monoisotopic (exact) mass is 343 g/mol. The first kappa shape index (κ1) is 16.4. The van der Waals surface area contributed by atoms with Crippen LogP contribution in [-0.2, 0) is 13.2 Å². The van der Waals surface area contributed by atoms with Crippen LogP contribution >= 0.6 is 34.8 Å². The molecule has 0 aliphatic heterocycles. The number of nitrogens with one attached hydrogen (secondary N) is 1. The van der Waals surface area contributed by atoms with Crippen LogP contribution in [0.3, 0.4) is 0 Å². The number of rotatable bonds is 6. The molecule has 0 aliphatic rings. The summed E-state index contributed by atoms with van der Waals surface area (Å²) in [5.74, 6) is 0.641. The highest BCUT2D eigenvalue weighted by molar-refractivity contribution is 6.35. The topological polar surface area (TPSA) is 21.3 Å². The Bertz CT molecular complexity index is 616. The van der Waals surface area contributed by atoms with E-state index in [0.29, 0.717) is 34.0 Å². The molecule has 0 bridgehead atoms. The van der Waals surface area contributed by atoms with Crippen LogP contribution in [0.2, 0.25) is 15.1 Å². The normalized spacial score (nSPS) is 10.7. The number of ether oxygens (including phenoxy) is 1. The van der Waals surface area contributed by atoms with Crippen LogP contribution in [0, 0.1) is 0 Å². The summed E-state index contributed by atoms with van der Waals surface area (Å²) in [5.41, 5.74) is 1.85. The molecule has 5 heteroatoms. The number of benzene rings is 2. The standard InChI is InChI=1S/C16H16Cl3NO/c1-2-20-9-12-7-13(17)8-15(19)16(12)21-10-11-5-3-4-6-14(11)18/h3-8,20H,2,9-10H2,1H3. The van der Waals surface area contributed by atoms with E-state index in [2.05, 4.69) is 5.32 Å². The fourth-order valence-electron chi connectivity index (χ4n) is 1.93. The fourth-order valence-corrected chi connectivity index (χ4v) is 2.71. The maximum absolute atomic E-state index is 6.25. The largest absolute Gasteiger partial charge is 0.487 e. The molecule has 0 atom stereocenters. The van der Waals surface area contributed by atoms with E-state index in [4.69, 9.17) is 39.5 Å². The average Bonchev–Trinajstić information content (AvgIpc) is 2.45. The summed E-state index contributed by atoms with van der Waals surface area (Å²) in [5, 5.41) is 5.02. The minimum Gasteiger partial charge on any atom is -0.487 e. The molecule has 0 aromatic heterocycles. The highest BCUT2D eigenvalue weighted by Gasteiger charge is 2.11.